The highest BCUT2D eigenvalue weighted by atomic mass is 35.5. The van der Waals surface area contributed by atoms with E-state index in [9.17, 15) is 0 Å². The van der Waals surface area contributed by atoms with Gasteiger partial charge in [-0.3, -0.25) is 0 Å². The quantitative estimate of drug-likeness (QED) is 0.606. The van der Waals surface area contributed by atoms with Crippen LogP contribution < -0.4 is 15.7 Å². The van der Waals surface area contributed by atoms with Crippen molar-refractivity contribution in [2.45, 2.75) is 0 Å². The Kier molecular flexibility index (Phi) is 3.71. The van der Waals surface area contributed by atoms with Crippen LogP contribution in [0.5, 0.6) is 0 Å². The van der Waals surface area contributed by atoms with Crippen molar-refractivity contribution >= 4 is 29.9 Å². The minimum absolute atomic E-state index is 0.348. The molecule has 0 aliphatic carbocycles. The van der Waals surface area contributed by atoms with E-state index in [1.807, 2.05) is 6.07 Å². The monoisotopic (exact) mass is 240 g/mol. The van der Waals surface area contributed by atoms with Gasteiger partial charge in [0.05, 0.1) is 0 Å². The number of piperazine rings is 1. The highest BCUT2D eigenvalue weighted by Crippen LogP contribution is 2.18. The summed E-state index contributed by atoms with van der Waals surface area (Å²) in [4.78, 5) is 2.22. The van der Waals surface area contributed by atoms with Gasteiger partial charge in [-0.2, -0.15) is 0 Å². The van der Waals surface area contributed by atoms with Crippen LogP contribution in [0.2, 0.25) is 5.02 Å². The lowest BCUT2D eigenvalue weighted by molar-refractivity contribution is 0.426. The molecule has 4 nitrogen and oxygen atoms in total. The third-order valence-corrected chi connectivity index (χ3v) is 3.07. The molecule has 16 heavy (non-hydrogen) atoms. The zero-order chi connectivity index (χ0) is 11.5. The van der Waals surface area contributed by atoms with Crippen LogP contribution in [0.4, 0.5) is 5.69 Å². The summed E-state index contributed by atoms with van der Waals surface area (Å²) in [5.41, 5.74) is 1.37. The number of anilines is 1. The predicted octanol–water partition coefficient (Wildman–Crippen LogP) is -0.571. The van der Waals surface area contributed by atoms with Crippen LogP contribution in [0.15, 0.2) is 18.2 Å². The van der Waals surface area contributed by atoms with Crippen molar-refractivity contribution < 1.29 is 10.0 Å². The second kappa shape index (κ2) is 5.06. The van der Waals surface area contributed by atoms with E-state index >= 15 is 0 Å². The van der Waals surface area contributed by atoms with E-state index in [-0.39, 0.29) is 0 Å². The highest BCUT2D eigenvalue weighted by molar-refractivity contribution is 6.62. The molecule has 0 radical (unpaired) electrons. The number of benzene rings is 1. The maximum absolute atomic E-state index is 9.05. The molecule has 6 heteroatoms. The second-order valence-corrected chi connectivity index (χ2v) is 4.22. The molecule has 1 aliphatic heterocycles. The molecule has 1 aromatic rings. The molecule has 1 heterocycles. The van der Waals surface area contributed by atoms with Crippen LogP contribution >= 0.6 is 11.6 Å². The van der Waals surface area contributed by atoms with Crippen molar-refractivity contribution in [2.24, 2.45) is 0 Å². The highest BCUT2D eigenvalue weighted by Gasteiger charge is 2.17. The van der Waals surface area contributed by atoms with Crippen LogP contribution in [0.25, 0.3) is 0 Å². The molecule has 0 bridgehead atoms. The van der Waals surface area contributed by atoms with E-state index in [0.29, 0.717) is 10.5 Å². The number of hydrogen-bond donors (Lipinski definition) is 3. The molecule has 1 aliphatic rings. The molecule has 0 amide bonds. The van der Waals surface area contributed by atoms with Crippen molar-refractivity contribution in [3.63, 3.8) is 0 Å². The van der Waals surface area contributed by atoms with Gasteiger partial charge in [0.1, 0.15) is 0 Å². The summed E-state index contributed by atoms with van der Waals surface area (Å²) in [7, 11) is -1.51. The summed E-state index contributed by atoms with van der Waals surface area (Å²) in [6.07, 6.45) is 0. The van der Waals surface area contributed by atoms with Crippen molar-refractivity contribution in [2.75, 3.05) is 31.1 Å². The van der Waals surface area contributed by atoms with E-state index in [1.165, 1.54) is 0 Å². The number of hydrogen-bond acceptors (Lipinski definition) is 4. The first-order valence-electron chi connectivity index (χ1n) is 5.30. The lowest BCUT2D eigenvalue weighted by Gasteiger charge is -2.29. The number of nitrogens with one attached hydrogen (secondary N) is 1. The third kappa shape index (κ3) is 2.49. The fourth-order valence-electron chi connectivity index (χ4n) is 1.85. The Labute approximate surface area is 100.0 Å². The molecule has 0 saturated carbocycles. The van der Waals surface area contributed by atoms with Gasteiger partial charge in [-0.25, -0.2) is 0 Å². The summed E-state index contributed by atoms with van der Waals surface area (Å²) in [6.45, 7) is 3.80. The Bertz CT molecular complexity index is 370. The van der Waals surface area contributed by atoms with Crippen molar-refractivity contribution in [1.82, 2.24) is 5.32 Å². The summed E-state index contributed by atoms with van der Waals surface area (Å²) >= 11 is 5.98. The van der Waals surface area contributed by atoms with Gasteiger partial charge in [-0.05, 0) is 12.1 Å². The van der Waals surface area contributed by atoms with Gasteiger partial charge < -0.3 is 20.3 Å². The molecule has 2 rings (SSSR count). The summed E-state index contributed by atoms with van der Waals surface area (Å²) < 4.78 is 0. The lowest BCUT2D eigenvalue weighted by Crippen LogP contribution is -2.43. The predicted molar refractivity (Wildman–Crippen MR) is 66.4 cm³/mol. The Morgan fingerprint density at radius 1 is 1.25 bits per heavy atom. The first-order valence-corrected chi connectivity index (χ1v) is 5.67. The molecule has 0 spiro atoms. The lowest BCUT2D eigenvalue weighted by atomic mass is 9.80. The third-order valence-electron chi connectivity index (χ3n) is 2.74. The zero-order valence-corrected chi connectivity index (χ0v) is 9.61. The zero-order valence-electron chi connectivity index (χ0n) is 8.86. The van der Waals surface area contributed by atoms with E-state index in [4.69, 9.17) is 21.6 Å². The fraction of sp³-hybridized carbons (Fsp3) is 0.400. The summed E-state index contributed by atoms with van der Waals surface area (Å²) in [6, 6.07) is 5.30. The van der Waals surface area contributed by atoms with Gasteiger partial charge in [-0.1, -0.05) is 17.7 Å². The average molecular weight is 240 g/mol. The number of nitrogens with zero attached hydrogens (tertiary/aromatic N) is 1. The molecular formula is C10H14BClN2O2. The van der Waals surface area contributed by atoms with Gasteiger partial charge in [0.25, 0.3) is 0 Å². The number of rotatable bonds is 2. The standard InChI is InChI=1S/C10H14BClN2O2/c12-10-7-8(1-2-9(10)11(15)16)14-5-3-13-4-6-14/h1-2,7,13,15-16H,3-6H2. The molecular weight excluding hydrogens is 226 g/mol. The molecule has 3 N–H and O–H groups in total. The molecule has 0 aromatic heterocycles. The van der Waals surface area contributed by atoms with Gasteiger partial charge >= 0.3 is 7.12 Å². The molecule has 86 valence electrons. The van der Waals surface area contributed by atoms with Gasteiger partial charge in [0.15, 0.2) is 0 Å². The molecule has 1 fully saturated rings. The van der Waals surface area contributed by atoms with Crippen molar-refractivity contribution in [1.29, 1.82) is 0 Å². The van der Waals surface area contributed by atoms with E-state index in [1.54, 1.807) is 12.1 Å². The summed E-state index contributed by atoms with van der Waals surface area (Å²) in [5, 5.41) is 21.8. The number of halogens is 1. The minimum atomic E-state index is -1.51. The summed E-state index contributed by atoms with van der Waals surface area (Å²) in [5.74, 6) is 0. The van der Waals surface area contributed by atoms with Crippen LogP contribution in [0.3, 0.4) is 0 Å². The normalized spacial score (nSPS) is 16.3. The fourth-order valence-corrected chi connectivity index (χ4v) is 2.12. The van der Waals surface area contributed by atoms with E-state index in [0.717, 1.165) is 31.9 Å². The molecule has 0 unspecified atom stereocenters. The Morgan fingerprint density at radius 3 is 2.50 bits per heavy atom. The molecule has 1 aromatic carbocycles. The van der Waals surface area contributed by atoms with E-state index < -0.39 is 7.12 Å². The average Bonchev–Trinajstić information content (AvgIpc) is 2.29. The minimum Gasteiger partial charge on any atom is -0.423 e. The Balaban J connectivity index is 2.19. The Morgan fingerprint density at radius 2 is 1.94 bits per heavy atom. The SMILES string of the molecule is OB(O)c1ccc(N2CCNCC2)cc1Cl. The van der Waals surface area contributed by atoms with Crippen molar-refractivity contribution in [3.8, 4) is 0 Å². The Hall–Kier alpha value is -0.745. The van der Waals surface area contributed by atoms with Crippen LogP contribution in [0, 0.1) is 0 Å². The van der Waals surface area contributed by atoms with E-state index in [2.05, 4.69) is 10.2 Å². The largest absolute Gasteiger partial charge is 0.489 e. The second-order valence-electron chi connectivity index (χ2n) is 3.82. The van der Waals surface area contributed by atoms with Gasteiger partial charge in [0, 0.05) is 42.4 Å². The van der Waals surface area contributed by atoms with Crippen LogP contribution in [-0.4, -0.2) is 43.3 Å². The topological polar surface area (TPSA) is 55.7 Å². The van der Waals surface area contributed by atoms with Crippen LogP contribution in [-0.2, 0) is 0 Å². The van der Waals surface area contributed by atoms with Crippen LogP contribution in [0.1, 0.15) is 0 Å². The van der Waals surface area contributed by atoms with Gasteiger partial charge in [-0.15, -0.1) is 0 Å². The smallest absolute Gasteiger partial charge is 0.423 e. The molecule has 1 saturated heterocycles. The first kappa shape index (κ1) is 11.7. The van der Waals surface area contributed by atoms with Gasteiger partial charge in [0.2, 0.25) is 0 Å². The maximum atomic E-state index is 9.05. The van der Waals surface area contributed by atoms with Crippen molar-refractivity contribution in [3.05, 3.63) is 23.2 Å². The maximum Gasteiger partial charge on any atom is 0.489 e. The first-order chi connectivity index (χ1) is 7.68. The molecule has 0 atom stereocenters.